The normalized spacial score (nSPS) is 10.6. The number of carbonyl (C=O) groups excluding carboxylic acids is 1. The maximum absolute atomic E-state index is 12.1. The van der Waals surface area contributed by atoms with Crippen LogP contribution in [-0.4, -0.2) is 29.0 Å². The summed E-state index contributed by atoms with van der Waals surface area (Å²) >= 11 is 1.32. The van der Waals surface area contributed by atoms with E-state index in [1.807, 2.05) is 25.1 Å². The van der Waals surface area contributed by atoms with Gasteiger partial charge in [-0.3, -0.25) is 20.2 Å². The largest absolute Gasteiger partial charge is 0.494 e. The molecule has 0 unspecified atom stereocenters. The fraction of sp³-hybridized carbons (Fsp3) is 0.222. The number of hydrogen-bond acceptors (Lipinski definition) is 7. The predicted octanol–water partition coefficient (Wildman–Crippen LogP) is 4.01. The highest BCUT2D eigenvalue weighted by molar-refractivity contribution is 7.22. The Bertz CT molecular complexity index is 973. The minimum absolute atomic E-state index is 0.0414. The third-order valence-corrected chi connectivity index (χ3v) is 4.43. The van der Waals surface area contributed by atoms with E-state index in [0.29, 0.717) is 11.7 Å². The summed E-state index contributed by atoms with van der Waals surface area (Å²) in [6, 6.07) is 11.4. The van der Waals surface area contributed by atoms with Crippen LogP contribution in [0, 0.1) is 10.1 Å². The minimum Gasteiger partial charge on any atom is -0.494 e. The van der Waals surface area contributed by atoms with Crippen LogP contribution < -0.4 is 14.8 Å². The number of hydrogen-bond donors (Lipinski definition) is 1. The molecule has 9 heteroatoms. The third-order valence-electron chi connectivity index (χ3n) is 3.50. The molecule has 0 fully saturated rings. The Morgan fingerprint density at radius 3 is 2.85 bits per heavy atom. The number of rotatable bonds is 8. The zero-order chi connectivity index (χ0) is 19.2. The lowest BCUT2D eigenvalue weighted by Crippen LogP contribution is -2.20. The summed E-state index contributed by atoms with van der Waals surface area (Å²) in [5.41, 5.74) is 0.559. The molecule has 0 saturated carbocycles. The number of amides is 1. The Labute approximate surface area is 158 Å². The molecule has 2 aromatic carbocycles. The van der Waals surface area contributed by atoms with Crippen LogP contribution in [0.2, 0.25) is 0 Å². The van der Waals surface area contributed by atoms with Gasteiger partial charge in [-0.2, -0.15) is 0 Å². The van der Waals surface area contributed by atoms with Crippen molar-refractivity contribution in [3.8, 4) is 11.5 Å². The van der Waals surface area contributed by atoms with Crippen LogP contribution in [0.1, 0.15) is 13.3 Å². The molecule has 0 atom stereocenters. The van der Waals surface area contributed by atoms with Crippen LogP contribution in [0.4, 0.5) is 10.8 Å². The Morgan fingerprint density at radius 1 is 1.26 bits per heavy atom. The van der Waals surface area contributed by atoms with E-state index in [2.05, 4.69) is 10.3 Å². The average Bonchev–Trinajstić information content (AvgIpc) is 3.06. The van der Waals surface area contributed by atoms with Gasteiger partial charge >= 0.3 is 5.69 Å². The van der Waals surface area contributed by atoms with Crippen molar-refractivity contribution in [2.75, 3.05) is 18.5 Å². The second-order valence-corrected chi connectivity index (χ2v) is 6.59. The summed E-state index contributed by atoms with van der Waals surface area (Å²) in [5, 5.41) is 14.0. The van der Waals surface area contributed by atoms with Gasteiger partial charge in [0.25, 0.3) is 5.91 Å². The molecule has 27 heavy (non-hydrogen) atoms. The van der Waals surface area contributed by atoms with Crippen LogP contribution in [0.5, 0.6) is 11.5 Å². The number of nitrogens with zero attached hydrogens (tertiary/aromatic N) is 2. The molecular formula is C18H17N3O5S. The Balaban J connectivity index is 1.63. The number of fused-ring (bicyclic) bond motifs is 1. The third kappa shape index (κ3) is 4.70. The van der Waals surface area contributed by atoms with Gasteiger partial charge in [0, 0.05) is 6.07 Å². The van der Waals surface area contributed by atoms with Gasteiger partial charge in [-0.25, -0.2) is 4.98 Å². The van der Waals surface area contributed by atoms with Crippen molar-refractivity contribution in [1.29, 1.82) is 0 Å². The highest BCUT2D eigenvalue weighted by Gasteiger charge is 2.15. The van der Waals surface area contributed by atoms with Crippen molar-refractivity contribution in [3.63, 3.8) is 0 Å². The van der Waals surface area contributed by atoms with E-state index < -0.39 is 10.8 Å². The predicted molar refractivity (Wildman–Crippen MR) is 103 cm³/mol. The van der Waals surface area contributed by atoms with Crippen molar-refractivity contribution >= 4 is 38.3 Å². The first-order valence-electron chi connectivity index (χ1n) is 8.26. The molecule has 3 aromatic rings. The quantitative estimate of drug-likeness (QED) is 0.463. The highest BCUT2D eigenvalue weighted by Crippen LogP contribution is 2.29. The van der Waals surface area contributed by atoms with Gasteiger partial charge in [0.2, 0.25) is 0 Å². The SMILES string of the molecule is CCCOc1ccc2nc(NC(=O)COc3ccccc3[N+](=O)[O-])sc2c1. The summed E-state index contributed by atoms with van der Waals surface area (Å²) in [6.45, 7) is 2.31. The zero-order valence-corrected chi connectivity index (χ0v) is 15.3. The van der Waals surface area contributed by atoms with Crippen LogP contribution in [0.25, 0.3) is 10.2 Å². The maximum Gasteiger partial charge on any atom is 0.310 e. The molecule has 140 valence electrons. The number of para-hydroxylation sites is 2. The first-order chi connectivity index (χ1) is 13.1. The Kier molecular flexibility index (Phi) is 5.82. The second kappa shape index (κ2) is 8.45. The first-order valence-corrected chi connectivity index (χ1v) is 9.08. The topological polar surface area (TPSA) is 104 Å². The van der Waals surface area contributed by atoms with Gasteiger partial charge in [-0.15, -0.1) is 0 Å². The number of thiazole rings is 1. The fourth-order valence-electron chi connectivity index (χ4n) is 2.30. The van der Waals surface area contributed by atoms with Crippen molar-refractivity contribution in [2.24, 2.45) is 0 Å². The smallest absolute Gasteiger partial charge is 0.310 e. The highest BCUT2D eigenvalue weighted by atomic mass is 32.1. The van der Waals surface area contributed by atoms with Crippen molar-refractivity contribution in [3.05, 3.63) is 52.6 Å². The number of aromatic nitrogens is 1. The number of anilines is 1. The van der Waals surface area contributed by atoms with E-state index in [4.69, 9.17) is 9.47 Å². The Hall–Kier alpha value is -3.20. The number of nitro benzene ring substituents is 1. The van der Waals surface area contributed by atoms with Crippen LogP contribution in [0.15, 0.2) is 42.5 Å². The lowest BCUT2D eigenvalue weighted by Gasteiger charge is -2.05. The van der Waals surface area contributed by atoms with Gasteiger partial charge in [0.05, 0.1) is 21.7 Å². The number of nitrogens with one attached hydrogen (secondary N) is 1. The van der Waals surface area contributed by atoms with E-state index in [-0.39, 0.29) is 18.0 Å². The van der Waals surface area contributed by atoms with Gasteiger partial charge in [0.1, 0.15) is 5.75 Å². The second-order valence-electron chi connectivity index (χ2n) is 5.56. The molecule has 0 aliphatic carbocycles. The molecule has 1 aromatic heterocycles. The monoisotopic (exact) mass is 387 g/mol. The summed E-state index contributed by atoms with van der Waals surface area (Å²) in [6.07, 6.45) is 0.918. The van der Waals surface area contributed by atoms with E-state index in [1.165, 1.54) is 29.5 Å². The molecule has 0 aliphatic rings. The number of benzene rings is 2. The lowest BCUT2D eigenvalue weighted by atomic mass is 10.3. The van der Waals surface area contributed by atoms with E-state index in [1.54, 1.807) is 6.07 Å². The van der Waals surface area contributed by atoms with Gasteiger partial charge in [0.15, 0.2) is 17.5 Å². The molecular weight excluding hydrogens is 370 g/mol. The average molecular weight is 387 g/mol. The van der Waals surface area contributed by atoms with Crippen molar-refractivity contribution < 1.29 is 19.2 Å². The molecule has 0 saturated heterocycles. The van der Waals surface area contributed by atoms with Crippen LogP contribution in [0.3, 0.4) is 0 Å². The number of nitro groups is 1. The van der Waals surface area contributed by atoms with E-state index in [9.17, 15) is 14.9 Å². The van der Waals surface area contributed by atoms with Crippen molar-refractivity contribution in [2.45, 2.75) is 13.3 Å². The van der Waals surface area contributed by atoms with Gasteiger partial charge in [-0.05, 0) is 30.7 Å². The summed E-state index contributed by atoms with van der Waals surface area (Å²) < 4.78 is 11.7. The first kappa shape index (κ1) is 18.6. The molecule has 1 amide bonds. The fourth-order valence-corrected chi connectivity index (χ4v) is 3.21. The molecule has 8 nitrogen and oxygen atoms in total. The van der Waals surface area contributed by atoms with Gasteiger partial charge < -0.3 is 9.47 Å². The molecule has 0 radical (unpaired) electrons. The zero-order valence-electron chi connectivity index (χ0n) is 14.5. The number of ether oxygens (including phenoxy) is 2. The molecule has 0 bridgehead atoms. The molecule has 3 rings (SSSR count). The summed E-state index contributed by atoms with van der Waals surface area (Å²) in [4.78, 5) is 26.8. The Morgan fingerprint density at radius 2 is 2.07 bits per heavy atom. The minimum atomic E-state index is -0.557. The van der Waals surface area contributed by atoms with E-state index in [0.717, 1.165) is 22.4 Å². The van der Waals surface area contributed by atoms with Crippen LogP contribution >= 0.6 is 11.3 Å². The standard InChI is InChI=1S/C18H17N3O5S/c1-2-9-25-12-7-8-13-16(10-12)27-18(19-13)20-17(22)11-26-15-6-4-3-5-14(15)21(23)24/h3-8,10H,2,9,11H2,1H3,(H,19,20,22). The van der Waals surface area contributed by atoms with Crippen LogP contribution in [-0.2, 0) is 4.79 Å². The maximum atomic E-state index is 12.1. The van der Waals surface area contributed by atoms with E-state index >= 15 is 0 Å². The molecule has 0 spiro atoms. The molecule has 1 N–H and O–H groups in total. The molecule has 0 aliphatic heterocycles. The van der Waals surface area contributed by atoms with Crippen molar-refractivity contribution in [1.82, 2.24) is 4.98 Å². The summed E-state index contributed by atoms with van der Waals surface area (Å²) in [7, 11) is 0. The number of carbonyl (C=O) groups is 1. The molecule has 1 heterocycles. The van der Waals surface area contributed by atoms with Gasteiger partial charge in [-0.1, -0.05) is 30.4 Å². The lowest BCUT2D eigenvalue weighted by molar-refractivity contribution is -0.385. The summed E-state index contributed by atoms with van der Waals surface area (Å²) in [5.74, 6) is 0.347.